The van der Waals surface area contributed by atoms with Gasteiger partial charge in [0.25, 0.3) is 0 Å². The van der Waals surface area contributed by atoms with Gasteiger partial charge in [0.15, 0.2) is 0 Å². The zero-order chi connectivity index (χ0) is 19.8. The first-order valence-corrected chi connectivity index (χ1v) is 9.86. The quantitative estimate of drug-likeness (QED) is 0.224. The van der Waals surface area contributed by atoms with Gasteiger partial charge in [0.05, 0.1) is 0 Å². The third-order valence-electron chi connectivity index (χ3n) is 4.27. The van der Waals surface area contributed by atoms with Gasteiger partial charge >= 0.3 is 0 Å². The lowest BCUT2D eigenvalue weighted by Crippen LogP contribution is -2.42. The van der Waals surface area contributed by atoms with Crippen molar-refractivity contribution in [3.05, 3.63) is 59.7 Å². The number of nitrogens with one attached hydrogen (secondary N) is 2. The molecule has 0 fully saturated rings. The van der Waals surface area contributed by atoms with E-state index in [1.807, 2.05) is 0 Å². The predicted molar refractivity (Wildman–Crippen MR) is 113 cm³/mol. The molecule has 0 aliphatic heterocycles. The van der Waals surface area contributed by atoms with Gasteiger partial charge in [0.2, 0.25) is 0 Å². The number of thiol groups is 2. The van der Waals surface area contributed by atoms with Gasteiger partial charge in [-0.25, -0.2) is 0 Å². The Bertz CT molecular complexity index is 685. The van der Waals surface area contributed by atoms with E-state index in [0.717, 1.165) is 11.1 Å². The fourth-order valence-electron chi connectivity index (χ4n) is 2.86. The molecule has 0 saturated heterocycles. The van der Waals surface area contributed by atoms with E-state index in [0.29, 0.717) is 6.54 Å². The molecular formula is C19H26N2O4S2. The van der Waals surface area contributed by atoms with E-state index in [1.54, 1.807) is 48.5 Å². The van der Waals surface area contributed by atoms with Gasteiger partial charge in [-0.15, -0.1) is 0 Å². The summed E-state index contributed by atoms with van der Waals surface area (Å²) >= 11 is 8.22. The summed E-state index contributed by atoms with van der Waals surface area (Å²) in [6, 6.07) is 13.2. The number of phenolic OH excluding ortho intramolecular Hbond substituents is 2. The zero-order valence-corrected chi connectivity index (χ0v) is 16.5. The zero-order valence-electron chi connectivity index (χ0n) is 14.7. The Kier molecular flexibility index (Phi) is 8.75. The van der Waals surface area contributed by atoms with E-state index >= 15 is 0 Å². The molecule has 148 valence electrons. The Morgan fingerprint density at radius 3 is 1.70 bits per heavy atom. The minimum atomic E-state index is -0.846. The highest BCUT2D eigenvalue weighted by Gasteiger charge is 2.27. The molecular weight excluding hydrogens is 384 g/mol. The fourth-order valence-corrected chi connectivity index (χ4v) is 3.10. The summed E-state index contributed by atoms with van der Waals surface area (Å²) in [6.07, 6.45) is -1.62. The number of aliphatic hydroxyl groups is 2. The normalized spacial score (nSPS) is 15.9. The second-order valence-corrected chi connectivity index (χ2v) is 6.97. The average molecular weight is 411 g/mol. The summed E-state index contributed by atoms with van der Waals surface area (Å²) in [4.78, 5) is 0. The largest absolute Gasteiger partial charge is 0.508 e. The van der Waals surface area contributed by atoms with Gasteiger partial charge in [-0.3, -0.25) is 10.6 Å². The van der Waals surface area contributed by atoms with Gasteiger partial charge in [-0.05, 0) is 35.4 Å². The highest BCUT2D eigenvalue weighted by atomic mass is 32.1. The second kappa shape index (κ2) is 10.8. The van der Waals surface area contributed by atoms with Crippen LogP contribution in [0.15, 0.2) is 48.5 Å². The van der Waals surface area contributed by atoms with Crippen molar-refractivity contribution < 1.29 is 20.4 Å². The monoisotopic (exact) mass is 410 g/mol. The SMILES string of the molecule is Oc1ccc([C@H](CN[C@@H](O)CS)[C@@H](N[C@H](O)CS)c2ccc(O)cc2)cc1. The molecule has 0 bridgehead atoms. The van der Waals surface area contributed by atoms with Crippen LogP contribution in [0, 0.1) is 0 Å². The highest BCUT2D eigenvalue weighted by molar-refractivity contribution is 7.80. The van der Waals surface area contributed by atoms with E-state index in [9.17, 15) is 20.4 Å². The number of benzene rings is 2. The van der Waals surface area contributed by atoms with Crippen LogP contribution in [0.1, 0.15) is 23.1 Å². The maximum Gasteiger partial charge on any atom is 0.115 e. The van der Waals surface area contributed by atoms with E-state index in [-0.39, 0.29) is 35.0 Å². The Morgan fingerprint density at radius 1 is 0.741 bits per heavy atom. The molecule has 0 heterocycles. The van der Waals surface area contributed by atoms with E-state index in [2.05, 4.69) is 35.9 Å². The lowest BCUT2D eigenvalue weighted by molar-refractivity contribution is 0.129. The van der Waals surface area contributed by atoms with Crippen molar-refractivity contribution in [2.45, 2.75) is 24.4 Å². The van der Waals surface area contributed by atoms with E-state index in [4.69, 9.17) is 0 Å². The van der Waals surface area contributed by atoms with Crippen LogP contribution in [0.2, 0.25) is 0 Å². The van der Waals surface area contributed by atoms with Crippen LogP contribution < -0.4 is 10.6 Å². The lowest BCUT2D eigenvalue weighted by Gasteiger charge is -2.32. The molecule has 6 nitrogen and oxygen atoms in total. The minimum Gasteiger partial charge on any atom is -0.508 e. The van der Waals surface area contributed by atoms with Crippen molar-refractivity contribution in [2.75, 3.05) is 18.1 Å². The van der Waals surface area contributed by atoms with Crippen LogP contribution in [0.25, 0.3) is 0 Å². The minimum absolute atomic E-state index is 0.150. The third kappa shape index (κ3) is 6.60. The van der Waals surface area contributed by atoms with Crippen molar-refractivity contribution >= 4 is 25.3 Å². The number of aliphatic hydroxyl groups excluding tert-OH is 2. The number of hydrogen-bond donors (Lipinski definition) is 8. The molecule has 0 aromatic heterocycles. The van der Waals surface area contributed by atoms with Crippen LogP contribution in [0.4, 0.5) is 0 Å². The van der Waals surface area contributed by atoms with Gasteiger partial charge in [0.1, 0.15) is 24.0 Å². The predicted octanol–water partition coefficient (Wildman–Crippen LogP) is 1.60. The van der Waals surface area contributed by atoms with Crippen LogP contribution >= 0.6 is 25.3 Å². The Hall–Kier alpha value is -1.42. The molecule has 0 unspecified atom stereocenters. The summed E-state index contributed by atoms with van der Waals surface area (Å²) in [5, 5.41) is 45.4. The molecule has 0 saturated carbocycles. The van der Waals surface area contributed by atoms with Crippen molar-refractivity contribution in [2.24, 2.45) is 0 Å². The maximum atomic E-state index is 10.1. The molecule has 2 aromatic rings. The van der Waals surface area contributed by atoms with Crippen molar-refractivity contribution in [1.82, 2.24) is 10.6 Å². The topological polar surface area (TPSA) is 105 Å². The number of aromatic hydroxyl groups is 2. The van der Waals surface area contributed by atoms with E-state index in [1.165, 1.54) is 0 Å². The van der Waals surface area contributed by atoms with Crippen molar-refractivity contribution in [3.8, 4) is 11.5 Å². The van der Waals surface area contributed by atoms with Gasteiger partial charge in [-0.2, -0.15) is 25.3 Å². The smallest absolute Gasteiger partial charge is 0.115 e. The first-order valence-electron chi connectivity index (χ1n) is 8.59. The van der Waals surface area contributed by atoms with Crippen LogP contribution in [0.5, 0.6) is 11.5 Å². The Morgan fingerprint density at radius 2 is 1.22 bits per heavy atom. The summed E-state index contributed by atoms with van der Waals surface area (Å²) < 4.78 is 0. The molecule has 0 aliphatic rings. The number of hydrogen-bond acceptors (Lipinski definition) is 8. The third-order valence-corrected chi connectivity index (χ3v) is 4.96. The molecule has 6 N–H and O–H groups in total. The number of rotatable bonds is 10. The van der Waals surface area contributed by atoms with Gasteiger partial charge < -0.3 is 20.4 Å². The Balaban J connectivity index is 2.39. The van der Waals surface area contributed by atoms with Crippen LogP contribution in [-0.2, 0) is 0 Å². The maximum absolute atomic E-state index is 10.1. The highest BCUT2D eigenvalue weighted by Crippen LogP contribution is 2.33. The molecule has 4 atom stereocenters. The summed E-state index contributed by atoms with van der Waals surface area (Å²) in [7, 11) is 0. The molecule has 8 heteroatoms. The molecule has 27 heavy (non-hydrogen) atoms. The second-order valence-electron chi connectivity index (χ2n) is 6.24. The molecule has 0 radical (unpaired) electrons. The Labute approximate surface area is 170 Å². The summed E-state index contributed by atoms with van der Waals surface area (Å²) in [6.45, 7) is 0.393. The molecule has 2 aromatic carbocycles. The van der Waals surface area contributed by atoms with Crippen molar-refractivity contribution in [1.29, 1.82) is 0 Å². The van der Waals surface area contributed by atoms with Crippen LogP contribution in [0.3, 0.4) is 0 Å². The lowest BCUT2D eigenvalue weighted by atomic mass is 9.86. The molecule has 0 spiro atoms. The molecule has 2 rings (SSSR count). The standard InChI is InChI=1S/C19H26N2O4S2/c22-14-5-1-12(2-6-14)16(9-20-17(24)10-26)19(21-18(25)11-27)13-3-7-15(23)8-4-13/h1-8,16-27H,9-11H2/t16-,17-,18+,19-/m0/s1. The fraction of sp³-hybridized carbons (Fsp3) is 0.368. The number of phenols is 2. The van der Waals surface area contributed by atoms with Crippen LogP contribution in [-0.4, -0.2) is 50.9 Å². The molecule has 0 amide bonds. The van der Waals surface area contributed by atoms with Gasteiger partial charge in [-0.1, -0.05) is 24.3 Å². The van der Waals surface area contributed by atoms with E-state index < -0.39 is 12.5 Å². The average Bonchev–Trinajstić information content (AvgIpc) is 2.68. The first-order chi connectivity index (χ1) is 12.9. The first kappa shape index (κ1) is 21.9. The molecule has 0 aliphatic carbocycles. The van der Waals surface area contributed by atoms with Gasteiger partial charge in [0, 0.05) is 30.0 Å². The summed E-state index contributed by atoms with van der Waals surface area (Å²) in [5.41, 5.74) is 1.76. The van der Waals surface area contributed by atoms with Crippen molar-refractivity contribution in [3.63, 3.8) is 0 Å². The summed E-state index contributed by atoms with van der Waals surface area (Å²) in [5.74, 6) is 0.601.